The van der Waals surface area contributed by atoms with E-state index >= 15 is 0 Å². The van der Waals surface area contributed by atoms with Gasteiger partial charge < -0.3 is 20.1 Å². The normalized spacial score (nSPS) is 18.9. The second-order valence-electron chi connectivity index (χ2n) is 9.81. The van der Waals surface area contributed by atoms with E-state index in [0.717, 1.165) is 34.6 Å². The van der Waals surface area contributed by atoms with E-state index in [9.17, 15) is 18.0 Å². The number of fused-ring (bicyclic) bond motifs is 1. The fourth-order valence-corrected chi connectivity index (χ4v) is 5.07. The number of hydrogen-bond donors (Lipinski definition) is 2. The van der Waals surface area contributed by atoms with Crippen LogP contribution in [0.3, 0.4) is 0 Å². The number of benzene rings is 3. The molecule has 0 bridgehead atoms. The van der Waals surface area contributed by atoms with Crippen LogP contribution in [-0.2, 0) is 30.5 Å². The zero-order valence-corrected chi connectivity index (χ0v) is 21.9. The molecule has 1 fully saturated rings. The number of carbonyl (C=O) groups excluding carboxylic acids is 1. The first-order valence-corrected chi connectivity index (χ1v) is 13.2. The quantitative estimate of drug-likeness (QED) is 0.378. The largest absolute Gasteiger partial charge is 0.454 e. The zero-order valence-electron chi connectivity index (χ0n) is 21.1. The highest BCUT2D eigenvalue weighted by atomic mass is 35.5. The van der Waals surface area contributed by atoms with Crippen molar-refractivity contribution in [3.05, 3.63) is 94.0 Å². The highest BCUT2D eigenvalue weighted by Crippen LogP contribution is 2.32. The minimum absolute atomic E-state index is 0.00389. The number of rotatable bonds is 9. The van der Waals surface area contributed by atoms with E-state index in [1.54, 1.807) is 0 Å². The van der Waals surface area contributed by atoms with Crippen LogP contribution in [0.5, 0.6) is 11.5 Å². The molecule has 0 unspecified atom stereocenters. The number of nitrogens with one attached hydrogen (secondary N) is 2. The Kier molecular flexibility index (Phi) is 8.30. The van der Waals surface area contributed by atoms with Crippen LogP contribution in [0.4, 0.5) is 13.2 Å². The van der Waals surface area contributed by atoms with Crippen molar-refractivity contribution in [2.24, 2.45) is 0 Å². The fraction of sp³-hybridized carbons (Fsp3) is 0.345. The molecule has 10 heteroatoms. The van der Waals surface area contributed by atoms with Gasteiger partial charge in [0.05, 0.1) is 11.6 Å². The average molecular weight is 560 g/mol. The summed E-state index contributed by atoms with van der Waals surface area (Å²) in [7, 11) is 0. The van der Waals surface area contributed by atoms with Crippen molar-refractivity contribution in [3.63, 3.8) is 0 Å². The van der Waals surface area contributed by atoms with Gasteiger partial charge in [0.1, 0.15) is 0 Å². The highest BCUT2D eigenvalue weighted by Gasteiger charge is 2.36. The van der Waals surface area contributed by atoms with E-state index in [-0.39, 0.29) is 24.8 Å². The minimum atomic E-state index is -4.36. The van der Waals surface area contributed by atoms with Crippen LogP contribution in [0.2, 0.25) is 5.02 Å². The van der Waals surface area contributed by atoms with Crippen LogP contribution in [0, 0.1) is 0 Å². The molecular weight excluding hydrogens is 531 g/mol. The van der Waals surface area contributed by atoms with E-state index in [1.165, 1.54) is 12.1 Å². The van der Waals surface area contributed by atoms with Crippen molar-refractivity contribution < 1.29 is 27.4 Å². The lowest BCUT2D eigenvalue weighted by atomic mass is 10.1. The molecule has 206 valence electrons. The molecule has 2 heterocycles. The van der Waals surface area contributed by atoms with Crippen LogP contribution in [0.25, 0.3) is 0 Å². The van der Waals surface area contributed by atoms with Gasteiger partial charge in [-0.2, -0.15) is 13.2 Å². The molecule has 3 aromatic carbocycles. The van der Waals surface area contributed by atoms with Crippen molar-refractivity contribution in [2.45, 2.75) is 44.2 Å². The summed E-state index contributed by atoms with van der Waals surface area (Å²) in [6.07, 6.45) is -3.12. The van der Waals surface area contributed by atoms with Crippen LogP contribution in [-0.4, -0.2) is 42.8 Å². The van der Waals surface area contributed by atoms with Crippen molar-refractivity contribution in [1.82, 2.24) is 15.5 Å². The van der Waals surface area contributed by atoms with Gasteiger partial charge in [0, 0.05) is 37.2 Å². The van der Waals surface area contributed by atoms with Crippen LogP contribution in [0.15, 0.2) is 66.7 Å². The van der Waals surface area contributed by atoms with E-state index in [4.69, 9.17) is 21.1 Å². The lowest BCUT2D eigenvalue weighted by Gasteiger charge is -2.23. The van der Waals surface area contributed by atoms with Crippen molar-refractivity contribution in [3.8, 4) is 11.5 Å². The predicted molar refractivity (Wildman–Crippen MR) is 142 cm³/mol. The SMILES string of the molecule is O=C(NCCc1ccc2c(c1)OCO2)[C@@H]1C[C@H](NCc2ccc(C(F)(F)F)cc2)CN1Cc1ccc(Cl)cc1. The third-order valence-electron chi connectivity index (χ3n) is 7.03. The third-order valence-corrected chi connectivity index (χ3v) is 7.28. The fourth-order valence-electron chi connectivity index (χ4n) is 4.94. The average Bonchev–Trinajstić information content (AvgIpc) is 3.55. The van der Waals surface area contributed by atoms with Gasteiger partial charge in [-0.3, -0.25) is 9.69 Å². The van der Waals surface area contributed by atoms with Gasteiger partial charge in [-0.25, -0.2) is 0 Å². The summed E-state index contributed by atoms with van der Waals surface area (Å²) in [5, 5.41) is 7.14. The van der Waals surface area contributed by atoms with Gasteiger partial charge >= 0.3 is 6.18 Å². The molecule has 2 N–H and O–H groups in total. The molecule has 6 nitrogen and oxygen atoms in total. The summed E-state index contributed by atoms with van der Waals surface area (Å²) in [6, 6.07) is 18.1. The molecule has 0 aliphatic carbocycles. The Bertz CT molecular complexity index is 1290. The number of alkyl halides is 3. The Morgan fingerprint density at radius 1 is 0.949 bits per heavy atom. The molecule has 1 amide bonds. The topological polar surface area (TPSA) is 62.8 Å². The number of ether oxygens (including phenoxy) is 2. The molecule has 1 saturated heterocycles. The molecule has 0 radical (unpaired) electrons. The van der Waals surface area contributed by atoms with Gasteiger partial charge in [-0.05, 0) is 65.9 Å². The molecule has 3 aromatic rings. The first-order valence-electron chi connectivity index (χ1n) is 12.8. The number of likely N-dealkylation sites (tertiary alicyclic amines) is 1. The first kappa shape index (κ1) is 27.3. The molecule has 2 aliphatic rings. The smallest absolute Gasteiger partial charge is 0.416 e. The molecule has 0 aromatic heterocycles. The van der Waals surface area contributed by atoms with Gasteiger partial charge in [-0.1, -0.05) is 41.9 Å². The highest BCUT2D eigenvalue weighted by molar-refractivity contribution is 6.30. The molecule has 0 saturated carbocycles. The number of hydrogen-bond acceptors (Lipinski definition) is 5. The molecule has 2 aliphatic heterocycles. The second-order valence-corrected chi connectivity index (χ2v) is 10.2. The zero-order chi connectivity index (χ0) is 27.4. The Morgan fingerprint density at radius 2 is 1.64 bits per heavy atom. The molecular formula is C29H29ClF3N3O3. The standard InChI is InChI=1S/C29H29ClF3N3O3/c30-23-8-3-21(4-9-23)16-36-17-24(35-15-20-1-6-22(7-2-20)29(31,32)33)14-25(36)28(37)34-12-11-19-5-10-26-27(13-19)39-18-38-26/h1-10,13,24-25,35H,11-12,14-18H2,(H,34,37)/t24-,25-/m0/s1. The second kappa shape index (κ2) is 11.9. The summed E-state index contributed by atoms with van der Waals surface area (Å²) < 4.78 is 49.4. The molecule has 0 spiro atoms. The van der Waals surface area contributed by atoms with Crippen molar-refractivity contribution in [1.29, 1.82) is 0 Å². The Hall–Kier alpha value is -3.27. The van der Waals surface area contributed by atoms with Crippen LogP contribution in [0.1, 0.15) is 28.7 Å². The van der Waals surface area contributed by atoms with Crippen molar-refractivity contribution in [2.75, 3.05) is 19.9 Å². The molecule has 5 rings (SSSR count). The first-order chi connectivity index (χ1) is 18.7. The van der Waals surface area contributed by atoms with Crippen LogP contribution >= 0.6 is 11.6 Å². The summed E-state index contributed by atoms with van der Waals surface area (Å²) in [4.78, 5) is 15.4. The van der Waals surface area contributed by atoms with Crippen molar-refractivity contribution >= 4 is 17.5 Å². The monoisotopic (exact) mass is 559 g/mol. The maximum atomic E-state index is 13.3. The molecule has 39 heavy (non-hydrogen) atoms. The van der Waals surface area contributed by atoms with Gasteiger partial charge in [0.25, 0.3) is 0 Å². The minimum Gasteiger partial charge on any atom is -0.454 e. The Morgan fingerprint density at radius 3 is 2.38 bits per heavy atom. The lowest BCUT2D eigenvalue weighted by Crippen LogP contribution is -2.43. The van der Waals surface area contributed by atoms with Gasteiger partial charge in [0.15, 0.2) is 11.5 Å². The summed E-state index contributed by atoms with van der Waals surface area (Å²) in [5.41, 5.74) is 2.17. The van der Waals surface area contributed by atoms with E-state index < -0.39 is 11.7 Å². The van der Waals surface area contributed by atoms with Gasteiger partial charge in [0.2, 0.25) is 12.7 Å². The van der Waals surface area contributed by atoms with E-state index in [1.807, 2.05) is 42.5 Å². The Labute approximate surface area is 230 Å². The summed E-state index contributed by atoms with van der Waals surface area (Å²) in [5.74, 6) is 1.38. The summed E-state index contributed by atoms with van der Waals surface area (Å²) >= 11 is 6.04. The number of carbonyl (C=O) groups is 1. The maximum absolute atomic E-state index is 13.3. The summed E-state index contributed by atoms with van der Waals surface area (Å²) in [6.45, 7) is 2.32. The number of nitrogens with zero attached hydrogens (tertiary/aromatic N) is 1. The number of halogens is 4. The third kappa shape index (κ3) is 7.03. The predicted octanol–water partition coefficient (Wildman–Crippen LogP) is 5.18. The lowest BCUT2D eigenvalue weighted by molar-refractivity contribution is -0.137. The van der Waals surface area contributed by atoms with E-state index in [2.05, 4.69) is 15.5 Å². The van der Waals surface area contributed by atoms with E-state index in [0.29, 0.717) is 49.8 Å². The number of amides is 1. The van der Waals surface area contributed by atoms with Crippen LogP contribution < -0.4 is 20.1 Å². The maximum Gasteiger partial charge on any atom is 0.416 e. The molecule has 2 atom stereocenters. The Balaban J connectivity index is 1.19. The van der Waals surface area contributed by atoms with Gasteiger partial charge in [-0.15, -0.1) is 0 Å².